The van der Waals surface area contributed by atoms with Gasteiger partial charge in [-0.25, -0.2) is 13.2 Å². The standard InChI is InChI=1S/C20H22BrN3O4S/c21-17-5-7-18(8-6-17)24(20(26)23-9-11-29(27,28)12-10-23)14-15-1-3-16(4-2-15)19(25)13-22/h1-8H,9-14,22H2. The second kappa shape index (κ2) is 9.06. The van der Waals surface area contributed by atoms with Gasteiger partial charge in [0.2, 0.25) is 0 Å². The zero-order chi connectivity index (χ0) is 21.0. The molecule has 1 aliphatic heterocycles. The molecule has 0 atom stereocenters. The third-order valence-electron chi connectivity index (χ3n) is 4.79. The van der Waals surface area contributed by atoms with Crippen LogP contribution in [0.1, 0.15) is 15.9 Å². The first-order valence-electron chi connectivity index (χ1n) is 9.14. The second-order valence-electron chi connectivity index (χ2n) is 6.81. The van der Waals surface area contributed by atoms with Crippen molar-refractivity contribution in [2.24, 2.45) is 5.73 Å². The van der Waals surface area contributed by atoms with Crippen LogP contribution in [-0.4, -0.2) is 56.3 Å². The molecule has 2 amide bonds. The Morgan fingerprint density at radius 1 is 1.00 bits per heavy atom. The van der Waals surface area contributed by atoms with Crippen LogP contribution in [0.15, 0.2) is 53.0 Å². The summed E-state index contributed by atoms with van der Waals surface area (Å²) in [6.45, 7) is 0.595. The van der Waals surface area contributed by atoms with Gasteiger partial charge in [0.15, 0.2) is 15.6 Å². The minimum atomic E-state index is -3.08. The molecule has 0 saturated carbocycles. The van der Waals surface area contributed by atoms with Crippen LogP contribution in [0.3, 0.4) is 0 Å². The Morgan fingerprint density at radius 3 is 2.14 bits per heavy atom. The molecule has 0 aromatic heterocycles. The van der Waals surface area contributed by atoms with Gasteiger partial charge in [0.1, 0.15) is 0 Å². The van der Waals surface area contributed by atoms with Gasteiger partial charge in [0.05, 0.1) is 24.6 Å². The number of rotatable bonds is 5. The Morgan fingerprint density at radius 2 is 1.59 bits per heavy atom. The summed E-state index contributed by atoms with van der Waals surface area (Å²) in [6, 6.07) is 14.1. The molecule has 154 valence electrons. The smallest absolute Gasteiger partial charge is 0.324 e. The lowest BCUT2D eigenvalue weighted by Crippen LogP contribution is -2.49. The maximum Gasteiger partial charge on any atom is 0.324 e. The molecule has 0 bridgehead atoms. The van der Waals surface area contributed by atoms with Crippen molar-refractivity contribution in [2.75, 3.05) is 36.0 Å². The highest BCUT2D eigenvalue weighted by Gasteiger charge is 2.29. The first-order chi connectivity index (χ1) is 13.8. The van der Waals surface area contributed by atoms with E-state index in [-0.39, 0.29) is 43.0 Å². The quantitative estimate of drug-likeness (QED) is 0.663. The first-order valence-corrected chi connectivity index (χ1v) is 11.7. The highest BCUT2D eigenvalue weighted by atomic mass is 79.9. The van der Waals surface area contributed by atoms with E-state index >= 15 is 0 Å². The number of urea groups is 1. The van der Waals surface area contributed by atoms with Gasteiger partial charge in [0.25, 0.3) is 0 Å². The van der Waals surface area contributed by atoms with E-state index < -0.39 is 9.84 Å². The average molecular weight is 480 g/mol. The Kier molecular flexibility index (Phi) is 6.71. The van der Waals surface area contributed by atoms with Crippen LogP contribution in [0, 0.1) is 0 Å². The molecule has 0 spiro atoms. The van der Waals surface area contributed by atoms with Crippen molar-refractivity contribution in [3.8, 4) is 0 Å². The highest BCUT2D eigenvalue weighted by Crippen LogP contribution is 2.23. The van der Waals surface area contributed by atoms with Crippen LogP contribution in [0.4, 0.5) is 10.5 Å². The molecule has 29 heavy (non-hydrogen) atoms. The number of carbonyl (C=O) groups is 2. The largest absolute Gasteiger partial charge is 0.324 e. The zero-order valence-electron chi connectivity index (χ0n) is 15.8. The van der Waals surface area contributed by atoms with E-state index in [0.717, 1.165) is 10.0 Å². The van der Waals surface area contributed by atoms with Crippen LogP contribution in [-0.2, 0) is 16.4 Å². The lowest BCUT2D eigenvalue weighted by Gasteiger charge is -2.33. The number of ketones is 1. The van der Waals surface area contributed by atoms with Gasteiger partial charge in [-0.15, -0.1) is 0 Å². The SMILES string of the molecule is NCC(=O)c1ccc(CN(C(=O)N2CCS(=O)(=O)CC2)c2ccc(Br)cc2)cc1. The van der Waals surface area contributed by atoms with E-state index in [1.54, 1.807) is 34.1 Å². The van der Waals surface area contributed by atoms with Crippen molar-refractivity contribution in [1.82, 2.24) is 4.90 Å². The number of amides is 2. The van der Waals surface area contributed by atoms with Crippen molar-refractivity contribution >= 4 is 43.3 Å². The lowest BCUT2D eigenvalue weighted by molar-refractivity contribution is 0.100. The molecule has 0 radical (unpaired) electrons. The molecule has 3 rings (SSSR count). The Labute approximate surface area is 178 Å². The van der Waals surface area contributed by atoms with Crippen molar-refractivity contribution in [2.45, 2.75) is 6.54 Å². The summed E-state index contributed by atoms with van der Waals surface area (Å²) in [5.74, 6) is -0.196. The van der Waals surface area contributed by atoms with Gasteiger partial charge < -0.3 is 10.6 Å². The first kappa shape index (κ1) is 21.5. The van der Waals surface area contributed by atoms with Gasteiger partial charge in [-0.05, 0) is 29.8 Å². The Bertz CT molecular complexity index is 977. The maximum atomic E-state index is 13.2. The molecular weight excluding hydrogens is 458 g/mol. The number of hydrogen-bond donors (Lipinski definition) is 1. The summed E-state index contributed by atoms with van der Waals surface area (Å²) in [7, 11) is -3.08. The minimum Gasteiger partial charge on any atom is -0.324 e. The number of nitrogens with two attached hydrogens (primary N) is 1. The Hall–Kier alpha value is -2.23. The predicted molar refractivity (Wildman–Crippen MR) is 116 cm³/mol. The third kappa shape index (κ3) is 5.43. The van der Waals surface area contributed by atoms with Crippen molar-refractivity contribution in [3.63, 3.8) is 0 Å². The summed E-state index contributed by atoms with van der Waals surface area (Å²) < 4.78 is 24.3. The number of carbonyl (C=O) groups excluding carboxylic acids is 2. The van der Waals surface area contributed by atoms with Crippen molar-refractivity contribution < 1.29 is 18.0 Å². The molecule has 2 N–H and O–H groups in total. The molecule has 2 aromatic rings. The van der Waals surface area contributed by atoms with Crippen LogP contribution >= 0.6 is 15.9 Å². The van der Waals surface area contributed by atoms with Crippen LogP contribution in [0.25, 0.3) is 0 Å². The summed E-state index contributed by atoms with van der Waals surface area (Å²) in [6.07, 6.45) is 0. The van der Waals surface area contributed by atoms with Gasteiger partial charge >= 0.3 is 6.03 Å². The van der Waals surface area contributed by atoms with Gasteiger partial charge in [0, 0.05) is 28.8 Å². The number of hydrogen-bond acceptors (Lipinski definition) is 5. The second-order valence-corrected chi connectivity index (χ2v) is 10.0. The summed E-state index contributed by atoms with van der Waals surface area (Å²) in [5, 5.41) is 0. The number of halogens is 1. The number of nitrogens with zero attached hydrogens (tertiary/aromatic N) is 2. The minimum absolute atomic E-state index is 0.0250. The van der Waals surface area contributed by atoms with Gasteiger partial charge in [-0.3, -0.25) is 9.69 Å². The van der Waals surface area contributed by atoms with Crippen molar-refractivity contribution in [3.05, 3.63) is 64.1 Å². The number of sulfone groups is 1. The fourth-order valence-electron chi connectivity index (χ4n) is 3.06. The van der Waals surface area contributed by atoms with E-state index in [1.165, 1.54) is 0 Å². The lowest BCUT2D eigenvalue weighted by atomic mass is 10.1. The molecule has 7 nitrogen and oxygen atoms in total. The van der Waals surface area contributed by atoms with E-state index in [9.17, 15) is 18.0 Å². The number of anilines is 1. The maximum absolute atomic E-state index is 13.2. The third-order valence-corrected chi connectivity index (χ3v) is 6.92. The molecule has 1 heterocycles. The molecule has 0 aliphatic carbocycles. The fourth-order valence-corrected chi connectivity index (χ4v) is 4.53. The monoisotopic (exact) mass is 479 g/mol. The molecule has 1 aliphatic rings. The molecule has 1 saturated heterocycles. The van der Waals surface area contributed by atoms with Gasteiger partial charge in [-0.2, -0.15) is 0 Å². The van der Waals surface area contributed by atoms with E-state index in [0.29, 0.717) is 17.8 Å². The van der Waals surface area contributed by atoms with Gasteiger partial charge in [-0.1, -0.05) is 40.2 Å². The summed E-state index contributed by atoms with van der Waals surface area (Å²) >= 11 is 3.39. The van der Waals surface area contributed by atoms with Crippen molar-refractivity contribution in [1.29, 1.82) is 0 Å². The van der Waals surface area contributed by atoms with Crippen LogP contribution < -0.4 is 10.6 Å². The number of benzene rings is 2. The topological polar surface area (TPSA) is 101 Å². The molecular formula is C20H22BrN3O4S. The fraction of sp³-hybridized carbons (Fsp3) is 0.300. The average Bonchev–Trinajstić information content (AvgIpc) is 2.72. The Balaban J connectivity index is 1.84. The molecule has 0 unspecified atom stereocenters. The molecule has 1 fully saturated rings. The van der Waals surface area contributed by atoms with Crippen LogP contribution in [0.5, 0.6) is 0 Å². The number of Topliss-reactive ketones (excluding diaryl/α,β-unsaturated/α-hetero) is 1. The van der Waals surface area contributed by atoms with E-state index in [1.807, 2.05) is 24.3 Å². The molecule has 2 aromatic carbocycles. The highest BCUT2D eigenvalue weighted by molar-refractivity contribution is 9.10. The normalized spacial score (nSPS) is 15.7. The summed E-state index contributed by atoms with van der Waals surface area (Å²) in [5.41, 5.74) is 7.47. The van der Waals surface area contributed by atoms with Crippen LogP contribution in [0.2, 0.25) is 0 Å². The van der Waals surface area contributed by atoms with E-state index in [2.05, 4.69) is 15.9 Å². The molecule has 9 heteroatoms. The zero-order valence-corrected chi connectivity index (χ0v) is 18.2. The van der Waals surface area contributed by atoms with E-state index in [4.69, 9.17) is 5.73 Å². The predicted octanol–water partition coefficient (Wildman–Crippen LogP) is 2.45. The summed E-state index contributed by atoms with van der Waals surface area (Å²) in [4.78, 5) is 28.1.